The number of hydrogen-bond donors (Lipinski definition) is 0. The number of nitriles is 4. The second-order valence-electron chi connectivity index (χ2n) is 6.04. The maximum absolute atomic E-state index is 8.91. The van der Waals surface area contributed by atoms with Crippen molar-refractivity contribution in [2.75, 3.05) is 13.2 Å². The van der Waals surface area contributed by atoms with E-state index in [0.717, 1.165) is 12.8 Å². The summed E-state index contributed by atoms with van der Waals surface area (Å²) in [6.45, 7) is 0.911. The first-order valence-corrected chi connectivity index (χ1v) is 9.19. The van der Waals surface area contributed by atoms with Crippen molar-refractivity contribution < 1.29 is 9.47 Å². The molecule has 0 bridgehead atoms. The third-order valence-electron chi connectivity index (χ3n) is 3.97. The van der Waals surface area contributed by atoms with E-state index in [-0.39, 0.29) is 11.1 Å². The van der Waals surface area contributed by atoms with Crippen LogP contribution in [0, 0.1) is 45.3 Å². The first kappa shape index (κ1) is 21.8. The van der Waals surface area contributed by atoms with Crippen molar-refractivity contribution in [2.24, 2.45) is 0 Å². The molecule has 0 aromatic heterocycles. The van der Waals surface area contributed by atoms with Crippen LogP contribution in [0.5, 0.6) is 11.5 Å². The highest BCUT2D eigenvalue weighted by Gasteiger charge is 2.04. The second kappa shape index (κ2) is 12.0. The molecule has 0 spiro atoms. The number of benzene rings is 2. The Bertz CT molecular complexity index is 984. The van der Waals surface area contributed by atoms with Crippen molar-refractivity contribution >= 4 is 12.2 Å². The van der Waals surface area contributed by atoms with Crippen LogP contribution in [0.15, 0.2) is 59.7 Å². The van der Waals surface area contributed by atoms with Gasteiger partial charge in [0.15, 0.2) is 0 Å². The van der Waals surface area contributed by atoms with Crippen molar-refractivity contribution in [1.29, 1.82) is 21.0 Å². The molecule has 0 aliphatic rings. The van der Waals surface area contributed by atoms with Crippen LogP contribution in [0.25, 0.3) is 12.2 Å². The molecule has 2 rings (SSSR count). The lowest BCUT2D eigenvalue weighted by Gasteiger charge is -2.11. The Morgan fingerprint density at radius 1 is 0.633 bits per heavy atom. The Morgan fingerprint density at radius 3 is 1.37 bits per heavy atom. The number of allylic oxidation sites excluding steroid dienone is 2. The molecule has 6 nitrogen and oxygen atoms in total. The molecule has 0 amide bonds. The van der Waals surface area contributed by atoms with E-state index >= 15 is 0 Å². The lowest BCUT2D eigenvalue weighted by Crippen LogP contribution is -2.04. The third kappa shape index (κ3) is 6.58. The zero-order valence-electron chi connectivity index (χ0n) is 16.2. The standard InChI is InChI=1S/C24H18N4O2/c25-15-19(16-26)13-21-7-1-3-9-23(21)29-11-5-6-12-30-24-10-4-2-8-22(24)14-20(17-27)18-28/h1-4,7-10,13-14H,5-6,11-12H2. The summed E-state index contributed by atoms with van der Waals surface area (Å²) in [5.74, 6) is 1.22. The first-order valence-electron chi connectivity index (χ1n) is 9.19. The van der Waals surface area contributed by atoms with E-state index in [0.29, 0.717) is 35.8 Å². The minimum absolute atomic E-state index is 0.0168. The summed E-state index contributed by atoms with van der Waals surface area (Å²) in [7, 11) is 0. The monoisotopic (exact) mass is 394 g/mol. The van der Waals surface area contributed by atoms with Gasteiger partial charge in [-0.05, 0) is 37.1 Å². The van der Waals surface area contributed by atoms with Crippen molar-refractivity contribution in [3.63, 3.8) is 0 Å². The van der Waals surface area contributed by atoms with Crippen LogP contribution in [0.2, 0.25) is 0 Å². The Morgan fingerprint density at radius 2 is 1.00 bits per heavy atom. The molecule has 0 saturated heterocycles. The molecule has 0 unspecified atom stereocenters. The Kier molecular flexibility index (Phi) is 8.74. The van der Waals surface area contributed by atoms with Crippen molar-refractivity contribution in [3.05, 3.63) is 70.8 Å². The Hall–Kier alpha value is -4.52. The van der Waals surface area contributed by atoms with Gasteiger partial charge in [0.05, 0.1) is 13.2 Å². The number of hydrogen-bond acceptors (Lipinski definition) is 6. The molecule has 0 heterocycles. The molecule has 0 aliphatic heterocycles. The molecule has 30 heavy (non-hydrogen) atoms. The highest BCUT2D eigenvalue weighted by atomic mass is 16.5. The van der Waals surface area contributed by atoms with Crippen LogP contribution >= 0.6 is 0 Å². The van der Waals surface area contributed by atoms with E-state index in [1.807, 2.05) is 48.5 Å². The number of ether oxygens (including phenoxy) is 2. The fraction of sp³-hybridized carbons (Fsp3) is 0.167. The van der Waals surface area contributed by atoms with Gasteiger partial charge in [0, 0.05) is 11.1 Å². The van der Waals surface area contributed by atoms with Crippen molar-refractivity contribution in [2.45, 2.75) is 12.8 Å². The van der Waals surface area contributed by atoms with Crippen LogP contribution in [-0.2, 0) is 0 Å². The predicted octanol–water partition coefficient (Wildman–Crippen LogP) is 4.79. The van der Waals surface area contributed by atoms with Crippen molar-refractivity contribution in [1.82, 2.24) is 0 Å². The third-order valence-corrected chi connectivity index (χ3v) is 3.97. The molecular formula is C24H18N4O2. The normalized spacial score (nSPS) is 9.07. The van der Waals surface area contributed by atoms with Crippen LogP contribution < -0.4 is 9.47 Å². The summed E-state index contributed by atoms with van der Waals surface area (Å²) in [5, 5.41) is 35.6. The SMILES string of the molecule is N#CC(C#N)=Cc1ccccc1OCCCCOc1ccccc1C=C(C#N)C#N. The average Bonchev–Trinajstić information content (AvgIpc) is 2.79. The van der Waals surface area contributed by atoms with Gasteiger partial charge in [0.2, 0.25) is 0 Å². The zero-order valence-corrected chi connectivity index (χ0v) is 16.2. The van der Waals surface area contributed by atoms with Gasteiger partial charge in [-0.15, -0.1) is 0 Å². The van der Waals surface area contributed by atoms with E-state index in [1.165, 1.54) is 12.2 Å². The topological polar surface area (TPSA) is 114 Å². The van der Waals surface area contributed by atoms with Gasteiger partial charge in [0.1, 0.15) is 46.9 Å². The molecule has 0 fully saturated rings. The number of para-hydroxylation sites is 2. The maximum atomic E-state index is 8.91. The summed E-state index contributed by atoms with van der Waals surface area (Å²) >= 11 is 0. The molecule has 146 valence electrons. The van der Waals surface area contributed by atoms with Crippen LogP contribution in [0.1, 0.15) is 24.0 Å². The van der Waals surface area contributed by atoms with Crippen molar-refractivity contribution in [3.8, 4) is 35.8 Å². The minimum Gasteiger partial charge on any atom is -0.493 e. The molecule has 0 N–H and O–H groups in total. The molecule has 0 saturated carbocycles. The molecule has 6 heteroatoms. The highest BCUT2D eigenvalue weighted by molar-refractivity contribution is 5.67. The summed E-state index contributed by atoms with van der Waals surface area (Å²) in [4.78, 5) is 0. The zero-order chi connectivity index (χ0) is 21.6. The fourth-order valence-electron chi connectivity index (χ4n) is 2.52. The molecule has 0 radical (unpaired) electrons. The minimum atomic E-state index is 0.0168. The fourth-order valence-corrected chi connectivity index (χ4v) is 2.52. The smallest absolute Gasteiger partial charge is 0.130 e. The molecule has 0 atom stereocenters. The van der Waals surface area contributed by atoms with E-state index in [9.17, 15) is 0 Å². The van der Waals surface area contributed by atoms with Gasteiger partial charge >= 0.3 is 0 Å². The number of rotatable bonds is 9. The summed E-state index contributed by atoms with van der Waals surface area (Å²) in [5.41, 5.74) is 1.39. The maximum Gasteiger partial charge on any atom is 0.130 e. The lowest BCUT2D eigenvalue weighted by molar-refractivity contribution is 0.266. The van der Waals surface area contributed by atoms with Gasteiger partial charge in [-0.2, -0.15) is 21.0 Å². The molecule has 0 aliphatic carbocycles. The van der Waals surface area contributed by atoms with E-state index in [2.05, 4.69) is 0 Å². The van der Waals surface area contributed by atoms with Gasteiger partial charge < -0.3 is 9.47 Å². The van der Waals surface area contributed by atoms with E-state index in [1.54, 1.807) is 24.3 Å². The molecular weight excluding hydrogens is 376 g/mol. The predicted molar refractivity (Wildman–Crippen MR) is 112 cm³/mol. The molecule has 2 aromatic carbocycles. The van der Waals surface area contributed by atoms with E-state index in [4.69, 9.17) is 30.5 Å². The largest absolute Gasteiger partial charge is 0.493 e. The Balaban J connectivity index is 1.87. The quantitative estimate of drug-likeness (QED) is 0.446. The summed E-state index contributed by atoms with van der Waals surface area (Å²) in [6, 6.07) is 21.8. The lowest BCUT2D eigenvalue weighted by atomic mass is 10.1. The van der Waals surface area contributed by atoms with Crippen LogP contribution in [-0.4, -0.2) is 13.2 Å². The summed E-state index contributed by atoms with van der Waals surface area (Å²) < 4.78 is 11.6. The van der Waals surface area contributed by atoms with Crippen LogP contribution in [0.3, 0.4) is 0 Å². The van der Waals surface area contributed by atoms with Gasteiger partial charge in [-0.3, -0.25) is 0 Å². The van der Waals surface area contributed by atoms with Gasteiger partial charge in [0.25, 0.3) is 0 Å². The average molecular weight is 394 g/mol. The number of unbranched alkanes of at least 4 members (excludes halogenated alkanes) is 1. The van der Waals surface area contributed by atoms with E-state index < -0.39 is 0 Å². The van der Waals surface area contributed by atoms with Gasteiger partial charge in [-0.25, -0.2) is 0 Å². The number of nitrogens with zero attached hydrogens (tertiary/aromatic N) is 4. The molecule has 2 aromatic rings. The first-order chi connectivity index (χ1) is 14.7. The Labute approximate surface area is 175 Å². The summed E-state index contributed by atoms with van der Waals surface area (Å²) in [6.07, 6.45) is 4.47. The van der Waals surface area contributed by atoms with Gasteiger partial charge in [-0.1, -0.05) is 36.4 Å². The highest BCUT2D eigenvalue weighted by Crippen LogP contribution is 2.22. The second-order valence-corrected chi connectivity index (χ2v) is 6.04. The van der Waals surface area contributed by atoms with Crippen LogP contribution in [0.4, 0.5) is 0 Å².